The van der Waals surface area contributed by atoms with Crippen LogP contribution in [-0.2, 0) is 9.59 Å². The molecular formula is C4H6O4. The molecule has 4 heteroatoms. The maximum absolute atomic E-state index is 9.87. The van der Waals surface area contributed by atoms with Crippen LogP contribution in [0.3, 0.4) is 0 Å². The summed E-state index contributed by atoms with van der Waals surface area (Å²) in [5.41, 5.74) is 0. The molecule has 0 aromatic carbocycles. The fourth-order valence-corrected chi connectivity index (χ4v) is 0.143. The lowest BCUT2D eigenvalue weighted by Gasteiger charge is -1.85. The first-order valence-corrected chi connectivity index (χ1v) is 1.77. The van der Waals surface area contributed by atoms with Crippen molar-refractivity contribution in [1.29, 1.82) is 0 Å². The van der Waals surface area contributed by atoms with Crippen molar-refractivity contribution in [2.75, 3.05) is 0 Å². The van der Waals surface area contributed by atoms with Gasteiger partial charge in [0.15, 0.2) is 0 Å². The van der Waals surface area contributed by atoms with Crippen LogP contribution in [0.25, 0.3) is 0 Å². The summed E-state index contributed by atoms with van der Waals surface area (Å²) in [5, 5.41) is 16.1. The third kappa shape index (κ3) is 4.94. The Morgan fingerprint density at radius 3 is 1.62 bits per heavy atom. The maximum Gasteiger partial charge on any atom is 0.303 e. The number of carbonyl (C=O) groups is 2. The Morgan fingerprint density at radius 1 is 1.25 bits per heavy atom. The predicted molar refractivity (Wildman–Crippen MR) is 24.5 cm³/mol. The molecule has 0 rings (SSSR count). The van der Waals surface area contributed by atoms with E-state index in [1.165, 1.54) is 0 Å². The van der Waals surface area contributed by atoms with Crippen molar-refractivity contribution in [3.8, 4) is 0 Å². The van der Waals surface area contributed by atoms with Gasteiger partial charge in [-0.2, -0.15) is 0 Å². The molecule has 0 bridgehead atoms. The van der Waals surface area contributed by atoms with E-state index in [2.05, 4.69) is 0 Å². The van der Waals surface area contributed by atoms with Gasteiger partial charge in [-0.25, -0.2) is 0 Å². The molecule has 0 heterocycles. The third-order valence-electron chi connectivity index (χ3n) is 0.368. The summed E-state index contributed by atoms with van der Waals surface area (Å²) in [6, 6.07) is 0. The van der Waals surface area contributed by atoms with Gasteiger partial charge in [0.1, 0.15) is 0 Å². The van der Waals surface area contributed by atoms with Crippen molar-refractivity contribution in [2.24, 2.45) is 0 Å². The predicted octanol–water partition coefficient (Wildman–Crippen LogP) is -0.0642. The van der Waals surface area contributed by atoms with Gasteiger partial charge in [0.2, 0.25) is 0 Å². The van der Waals surface area contributed by atoms with Crippen LogP contribution in [0.4, 0.5) is 0 Å². The number of aliphatic carboxylic acids is 2. The van der Waals surface area contributed by atoms with Crippen molar-refractivity contribution >= 4 is 11.9 Å². The zero-order chi connectivity index (χ0) is 8.31. The molecule has 0 saturated heterocycles. The Kier molecular flexibility index (Phi) is 1.46. The highest BCUT2D eigenvalue weighted by Gasteiger charge is 2.00. The maximum atomic E-state index is 9.87. The fourth-order valence-electron chi connectivity index (χ4n) is 0.143. The van der Waals surface area contributed by atoms with Gasteiger partial charge in [-0.1, -0.05) is 0 Å². The molecule has 0 aliphatic heterocycles. The highest BCUT2D eigenvalue weighted by molar-refractivity contribution is 5.75. The molecule has 0 aromatic rings. The summed E-state index contributed by atoms with van der Waals surface area (Å²) in [5.74, 6) is -3.19. The van der Waals surface area contributed by atoms with Crippen molar-refractivity contribution < 1.29 is 22.5 Å². The van der Waals surface area contributed by atoms with E-state index in [0.717, 1.165) is 0 Å². The second-order valence-corrected chi connectivity index (χ2v) is 1.01. The fraction of sp³-hybridized carbons (Fsp3) is 0.500. The monoisotopic (exact) mass is 120 g/mol. The van der Waals surface area contributed by atoms with Crippen LogP contribution in [-0.4, -0.2) is 22.2 Å². The Morgan fingerprint density at radius 2 is 1.50 bits per heavy atom. The van der Waals surface area contributed by atoms with Crippen molar-refractivity contribution in [3.63, 3.8) is 0 Å². The van der Waals surface area contributed by atoms with E-state index in [0.29, 0.717) is 0 Å². The average molecular weight is 120 g/mol. The highest BCUT2D eigenvalue weighted by atomic mass is 16.4. The summed E-state index contributed by atoms with van der Waals surface area (Å²) < 4.78 is 13.2. The van der Waals surface area contributed by atoms with Crippen LogP contribution in [0, 0.1) is 0 Å². The molecular weight excluding hydrogens is 112 g/mol. The number of carboxylic acids is 2. The van der Waals surface area contributed by atoms with Crippen LogP contribution in [0.1, 0.15) is 15.5 Å². The highest BCUT2D eigenvalue weighted by Crippen LogP contribution is 1.85. The minimum absolute atomic E-state index is 1.59. The standard InChI is InChI=1S/C4H6O4/c5-3(6)1-2-4(7)8/h1-2H2,(H,5,6)(H,7,8)/i1D,2D. The van der Waals surface area contributed by atoms with Crippen LogP contribution in [0.5, 0.6) is 0 Å². The van der Waals surface area contributed by atoms with Gasteiger partial charge in [-0.15, -0.1) is 0 Å². The number of hydrogen-bond donors (Lipinski definition) is 2. The molecule has 4 nitrogen and oxygen atoms in total. The van der Waals surface area contributed by atoms with E-state index in [4.69, 9.17) is 13.0 Å². The summed E-state index contributed by atoms with van der Waals surface area (Å²) in [6.45, 7) is 0. The van der Waals surface area contributed by atoms with Gasteiger partial charge in [0.25, 0.3) is 0 Å². The molecule has 46 valence electrons. The van der Waals surface area contributed by atoms with E-state index in [1.54, 1.807) is 0 Å². The van der Waals surface area contributed by atoms with Crippen molar-refractivity contribution in [2.45, 2.75) is 12.8 Å². The number of carboxylic acid groups (broad SMARTS) is 2. The molecule has 0 aliphatic carbocycles. The lowest BCUT2D eigenvalue weighted by molar-refractivity contribution is -0.143. The molecule has 0 spiro atoms. The molecule has 0 saturated carbocycles. The summed E-state index contributed by atoms with van der Waals surface area (Å²) in [7, 11) is 0. The Bertz CT molecular complexity index is 139. The molecule has 0 aromatic heterocycles. The van der Waals surface area contributed by atoms with Gasteiger partial charge in [-0.05, 0) is 0 Å². The topological polar surface area (TPSA) is 74.6 Å². The lowest BCUT2D eigenvalue weighted by atomic mass is 10.3. The summed E-state index contributed by atoms with van der Waals surface area (Å²) in [6.07, 6.45) is -3.81. The molecule has 8 heavy (non-hydrogen) atoms. The normalized spacial score (nSPS) is 20.0. The Hall–Kier alpha value is -1.06. The number of rotatable bonds is 3. The summed E-state index contributed by atoms with van der Waals surface area (Å²) in [4.78, 5) is 19.7. The SMILES string of the molecule is [2H]C(C(=O)O)C([2H])C(=O)O. The van der Waals surface area contributed by atoms with Crippen LogP contribution < -0.4 is 0 Å². The van der Waals surface area contributed by atoms with Crippen molar-refractivity contribution in [3.05, 3.63) is 0 Å². The summed E-state index contributed by atoms with van der Waals surface area (Å²) >= 11 is 0. The first-order valence-electron chi connectivity index (χ1n) is 2.92. The van der Waals surface area contributed by atoms with Crippen LogP contribution in [0.15, 0.2) is 0 Å². The molecule has 2 N–H and O–H groups in total. The van der Waals surface area contributed by atoms with E-state index in [1.807, 2.05) is 0 Å². The van der Waals surface area contributed by atoms with Crippen molar-refractivity contribution in [1.82, 2.24) is 0 Å². The lowest BCUT2D eigenvalue weighted by Crippen LogP contribution is -2.00. The smallest absolute Gasteiger partial charge is 0.303 e. The molecule has 2 atom stereocenters. The second kappa shape index (κ2) is 3.01. The molecule has 2 unspecified atom stereocenters. The van der Waals surface area contributed by atoms with Gasteiger partial charge < -0.3 is 10.2 Å². The number of hydrogen-bond acceptors (Lipinski definition) is 2. The molecule has 0 amide bonds. The van der Waals surface area contributed by atoms with E-state index in [9.17, 15) is 9.59 Å². The average Bonchev–Trinajstić information content (AvgIpc) is 1.84. The zero-order valence-electron chi connectivity index (χ0n) is 5.87. The Labute approximate surface area is 48.6 Å². The van der Waals surface area contributed by atoms with Gasteiger partial charge in [0, 0.05) is 2.74 Å². The first kappa shape index (κ1) is 3.88. The third-order valence-corrected chi connectivity index (χ3v) is 0.368. The molecule has 0 fully saturated rings. The minimum Gasteiger partial charge on any atom is -0.481 e. The second-order valence-electron chi connectivity index (χ2n) is 1.01. The van der Waals surface area contributed by atoms with Gasteiger partial charge >= 0.3 is 11.9 Å². The largest absolute Gasteiger partial charge is 0.481 e. The van der Waals surface area contributed by atoms with E-state index >= 15 is 0 Å². The minimum atomic E-state index is -1.91. The van der Waals surface area contributed by atoms with Crippen LogP contribution in [0.2, 0.25) is 0 Å². The molecule has 0 radical (unpaired) electrons. The van der Waals surface area contributed by atoms with E-state index in [-0.39, 0.29) is 0 Å². The van der Waals surface area contributed by atoms with Gasteiger partial charge in [-0.3, -0.25) is 9.59 Å². The van der Waals surface area contributed by atoms with E-state index < -0.39 is 24.7 Å². The van der Waals surface area contributed by atoms with Crippen LogP contribution >= 0.6 is 0 Å². The Balaban J connectivity index is 4.07. The van der Waals surface area contributed by atoms with Gasteiger partial charge in [0.05, 0.1) is 12.8 Å². The quantitative estimate of drug-likeness (QED) is 0.547. The first-order chi connectivity index (χ1) is 4.46. The molecule has 0 aliphatic rings. The zero-order valence-corrected chi connectivity index (χ0v) is 3.87.